The number of rotatable bonds is 7. The number of aromatic amines is 1. The van der Waals surface area contributed by atoms with Crippen molar-refractivity contribution < 1.29 is 16.8 Å². The number of halogens is 1. The van der Waals surface area contributed by atoms with Crippen LogP contribution in [0.15, 0.2) is 65.3 Å². The number of nitrogens with zero attached hydrogens (tertiary/aromatic N) is 2. The lowest BCUT2D eigenvalue weighted by molar-refractivity contribution is 0.600. The molecule has 0 fully saturated rings. The average Bonchev–Trinajstić information content (AvgIpc) is 3.09. The lowest BCUT2D eigenvalue weighted by atomic mass is 10.1. The van der Waals surface area contributed by atoms with E-state index in [-0.39, 0.29) is 17.1 Å². The number of pyridine rings is 1. The molecule has 12 heteroatoms. The van der Waals surface area contributed by atoms with Gasteiger partial charge in [-0.25, -0.2) is 26.8 Å². The molecular formula is C20H18BrN5O4S2. The summed E-state index contributed by atoms with van der Waals surface area (Å²) in [5.74, 6) is 0.182. The third kappa shape index (κ3) is 5.64. The molecule has 9 nitrogen and oxygen atoms in total. The van der Waals surface area contributed by atoms with Crippen LogP contribution in [-0.2, 0) is 25.8 Å². The molecule has 2 aromatic heterocycles. The summed E-state index contributed by atoms with van der Waals surface area (Å²) in [4.78, 5) is 11.8. The molecule has 0 saturated carbocycles. The fourth-order valence-electron chi connectivity index (χ4n) is 3.11. The van der Waals surface area contributed by atoms with Crippen LogP contribution >= 0.6 is 15.9 Å². The van der Waals surface area contributed by atoms with Gasteiger partial charge in [0.15, 0.2) is 5.65 Å². The summed E-state index contributed by atoms with van der Waals surface area (Å²) in [6.07, 6.45) is 2.64. The molecule has 32 heavy (non-hydrogen) atoms. The Balaban J connectivity index is 1.73. The second-order valence-corrected chi connectivity index (χ2v) is 11.5. The highest BCUT2D eigenvalue weighted by atomic mass is 79.9. The highest BCUT2D eigenvalue weighted by Crippen LogP contribution is 2.29. The molecule has 4 aromatic rings. The van der Waals surface area contributed by atoms with E-state index >= 15 is 0 Å². The van der Waals surface area contributed by atoms with Crippen LogP contribution in [0.1, 0.15) is 5.56 Å². The first-order valence-corrected chi connectivity index (χ1v) is 13.6. The molecule has 0 amide bonds. The Hall–Kier alpha value is -2.96. The molecule has 0 bridgehead atoms. The molecule has 0 aliphatic heterocycles. The Morgan fingerprint density at radius 2 is 1.66 bits per heavy atom. The van der Waals surface area contributed by atoms with E-state index in [2.05, 4.69) is 40.3 Å². The summed E-state index contributed by atoms with van der Waals surface area (Å²) >= 11 is 3.34. The summed E-state index contributed by atoms with van der Waals surface area (Å²) < 4.78 is 54.6. The Labute approximate surface area is 193 Å². The van der Waals surface area contributed by atoms with Gasteiger partial charge >= 0.3 is 0 Å². The molecule has 0 atom stereocenters. The van der Waals surface area contributed by atoms with Crippen LogP contribution in [0.25, 0.3) is 22.6 Å². The zero-order valence-corrected chi connectivity index (χ0v) is 19.9. The zero-order valence-electron chi connectivity index (χ0n) is 16.7. The summed E-state index contributed by atoms with van der Waals surface area (Å²) in [5.41, 5.74) is 2.62. The van der Waals surface area contributed by atoms with Crippen molar-refractivity contribution in [3.8, 4) is 11.4 Å². The van der Waals surface area contributed by atoms with Gasteiger partial charge in [-0.3, -0.25) is 9.44 Å². The number of H-pyrrole nitrogens is 1. The van der Waals surface area contributed by atoms with Crippen LogP contribution in [-0.4, -0.2) is 38.0 Å². The van der Waals surface area contributed by atoms with Crippen molar-refractivity contribution in [1.29, 1.82) is 0 Å². The van der Waals surface area contributed by atoms with E-state index in [9.17, 15) is 16.8 Å². The molecule has 2 aromatic carbocycles. The molecule has 0 unspecified atom stereocenters. The summed E-state index contributed by atoms with van der Waals surface area (Å²) in [6, 6.07) is 15.1. The quantitative estimate of drug-likeness (QED) is 0.330. The lowest BCUT2D eigenvalue weighted by Crippen LogP contribution is -2.16. The van der Waals surface area contributed by atoms with Gasteiger partial charge < -0.3 is 4.98 Å². The smallest absolute Gasteiger partial charge is 0.236 e. The maximum atomic E-state index is 12.7. The van der Waals surface area contributed by atoms with Gasteiger partial charge in [-0.1, -0.05) is 30.3 Å². The number of anilines is 2. The lowest BCUT2D eigenvalue weighted by Gasteiger charge is -2.12. The van der Waals surface area contributed by atoms with Gasteiger partial charge in [0.25, 0.3) is 0 Å². The Morgan fingerprint density at radius 1 is 0.969 bits per heavy atom. The first-order valence-electron chi connectivity index (χ1n) is 9.25. The van der Waals surface area contributed by atoms with Gasteiger partial charge in [-0.15, -0.1) is 0 Å². The molecule has 3 N–H and O–H groups in total. The second-order valence-electron chi connectivity index (χ2n) is 7.13. The Bertz CT molecular complexity index is 1500. The van der Waals surface area contributed by atoms with Crippen LogP contribution in [0.3, 0.4) is 0 Å². The molecular weight excluding hydrogens is 518 g/mol. The SMILES string of the molecule is CS(=O)(=O)Nc1cc(NS(=O)(=O)Cc2ccccc2)cc(-c2nc3cc(Br)cnc3[nH]2)c1. The van der Waals surface area contributed by atoms with Crippen LogP contribution in [0.4, 0.5) is 11.4 Å². The van der Waals surface area contributed by atoms with Gasteiger partial charge in [0, 0.05) is 16.2 Å². The average molecular weight is 536 g/mol. The third-order valence-corrected chi connectivity index (χ3v) is 6.59. The minimum atomic E-state index is -3.75. The molecule has 166 valence electrons. The van der Waals surface area contributed by atoms with Crippen molar-refractivity contribution in [2.75, 3.05) is 15.7 Å². The highest BCUT2D eigenvalue weighted by Gasteiger charge is 2.16. The minimum absolute atomic E-state index is 0.192. The van der Waals surface area contributed by atoms with Gasteiger partial charge in [-0.05, 0) is 45.8 Å². The fourth-order valence-corrected chi connectivity index (χ4v) is 5.16. The van der Waals surface area contributed by atoms with E-state index in [4.69, 9.17) is 0 Å². The normalized spacial score (nSPS) is 12.1. The van der Waals surface area contributed by atoms with Crippen LogP contribution in [0.5, 0.6) is 0 Å². The minimum Gasteiger partial charge on any atom is -0.323 e. The molecule has 0 aliphatic rings. The van der Waals surface area contributed by atoms with Gasteiger partial charge in [-0.2, -0.15) is 0 Å². The number of hydrogen-bond donors (Lipinski definition) is 3. The summed E-state index contributed by atoms with van der Waals surface area (Å²) in [7, 11) is -7.35. The van der Waals surface area contributed by atoms with Crippen LogP contribution in [0, 0.1) is 0 Å². The monoisotopic (exact) mass is 535 g/mol. The van der Waals surface area contributed by atoms with Crippen molar-refractivity contribution in [3.63, 3.8) is 0 Å². The third-order valence-electron chi connectivity index (χ3n) is 4.29. The summed E-state index contributed by atoms with van der Waals surface area (Å²) in [6.45, 7) is 0. The molecule has 0 radical (unpaired) electrons. The second kappa shape index (κ2) is 8.52. The largest absolute Gasteiger partial charge is 0.323 e. The van der Waals surface area contributed by atoms with Crippen LogP contribution in [0.2, 0.25) is 0 Å². The fraction of sp³-hybridized carbons (Fsp3) is 0.100. The predicted molar refractivity (Wildman–Crippen MR) is 128 cm³/mol. The number of sulfonamides is 2. The number of hydrogen-bond acceptors (Lipinski definition) is 6. The van der Waals surface area contributed by atoms with Gasteiger partial charge in [0.1, 0.15) is 11.3 Å². The van der Waals surface area contributed by atoms with Gasteiger partial charge in [0.05, 0.1) is 23.4 Å². The molecule has 2 heterocycles. The van der Waals surface area contributed by atoms with E-state index in [1.165, 1.54) is 6.07 Å². The topological polar surface area (TPSA) is 134 Å². The van der Waals surface area contributed by atoms with Crippen molar-refractivity contribution >= 4 is 58.5 Å². The Kier molecular flexibility index (Phi) is 5.93. The number of fused-ring (bicyclic) bond motifs is 1. The van der Waals surface area contributed by atoms with Crippen molar-refractivity contribution in [2.24, 2.45) is 0 Å². The molecule has 0 spiro atoms. The first-order chi connectivity index (χ1) is 15.1. The maximum absolute atomic E-state index is 12.7. The Morgan fingerprint density at radius 3 is 2.34 bits per heavy atom. The number of benzene rings is 2. The van der Waals surface area contributed by atoms with E-state index in [1.807, 2.05) is 0 Å². The van der Waals surface area contributed by atoms with Crippen molar-refractivity contribution in [3.05, 3.63) is 70.8 Å². The van der Waals surface area contributed by atoms with E-state index in [1.54, 1.807) is 54.7 Å². The molecule has 0 aliphatic carbocycles. The molecule has 0 saturated heterocycles. The van der Waals surface area contributed by atoms with Crippen LogP contribution < -0.4 is 9.44 Å². The highest BCUT2D eigenvalue weighted by molar-refractivity contribution is 9.10. The number of nitrogens with one attached hydrogen (secondary N) is 3. The molecule has 4 rings (SSSR count). The maximum Gasteiger partial charge on any atom is 0.236 e. The summed E-state index contributed by atoms with van der Waals surface area (Å²) in [5, 5.41) is 0. The predicted octanol–water partition coefficient (Wildman–Crippen LogP) is 3.70. The first kappa shape index (κ1) is 22.2. The van der Waals surface area contributed by atoms with E-state index < -0.39 is 20.0 Å². The van der Waals surface area contributed by atoms with Gasteiger partial charge in [0.2, 0.25) is 20.0 Å². The van der Waals surface area contributed by atoms with E-state index in [0.29, 0.717) is 28.1 Å². The van der Waals surface area contributed by atoms with Crippen molar-refractivity contribution in [1.82, 2.24) is 15.0 Å². The van der Waals surface area contributed by atoms with E-state index in [0.717, 1.165) is 10.7 Å². The number of imidazole rings is 1. The standard InChI is InChI=1S/C20H18BrN5O4S2/c1-31(27,28)25-16-7-14(19-23-18-9-15(21)11-22-20(18)24-19)8-17(10-16)26-32(29,30)12-13-5-3-2-4-6-13/h2-11,25-26H,12H2,1H3,(H,22,23,24). The van der Waals surface area contributed by atoms with Crippen molar-refractivity contribution in [2.45, 2.75) is 5.75 Å². The zero-order chi connectivity index (χ0) is 22.9. The number of aromatic nitrogens is 3.